The van der Waals surface area contributed by atoms with Crippen LogP contribution in [0.15, 0.2) is 48.4 Å². The van der Waals surface area contributed by atoms with Gasteiger partial charge >= 0.3 is 0 Å². The molecular formula is C16H15ClN4OS. The van der Waals surface area contributed by atoms with E-state index in [1.54, 1.807) is 17.9 Å². The van der Waals surface area contributed by atoms with Crippen LogP contribution in [0.2, 0.25) is 5.02 Å². The molecule has 0 saturated carbocycles. The van der Waals surface area contributed by atoms with Crippen molar-refractivity contribution in [3.8, 4) is 10.6 Å². The molecule has 2 heterocycles. The Labute approximate surface area is 143 Å². The van der Waals surface area contributed by atoms with Crippen molar-refractivity contribution in [2.24, 2.45) is 0 Å². The first-order chi connectivity index (χ1) is 11.2. The van der Waals surface area contributed by atoms with Crippen LogP contribution in [0.3, 0.4) is 0 Å². The Morgan fingerprint density at radius 3 is 2.87 bits per heavy atom. The minimum absolute atomic E-state index is 0.146. The number of carbonyl (C=O) groups excluding carboxylic acids is 1. The largest absolute Gasteiger partial charge is 0.351 e. The molecule has 0 fully saturated rings. The number of aromatic nitrogens is 3. The van der Waals surface area contributed by atoms with Gasteiger partial charge in [-0.2, -0.15) is 0 Å². The van der Waals surface area contributed by atoms with Gasteiger partial charge < -0.3 is 9.88 Å². The van der Waals surface area contributed by atoms with E-state index >= 15 is 0 Å². The van der Waals surface area contributed by atoms with Gasteiger partial charge in [-0.05, 0) is 18.6 Å². The summed E-state index contributed by atoms with van der Waals surface area (Å²) in [7, 11) is 0. The second kappa shape index (κ2) is 7.39. The smallest absolute Gasteiger partial charge is 0.270 e. The highest BCUT2D eigenvalue weighted by molar-refractivity contribution is 7.13. The maximum absolute atomic E-state index is 12.1. The fourth-order valence-electron chi connectivity index (χ4n) is 2.08. The summed E-state index contributed by atoms with van der Waals surface area (Å²) in [6.07, 6.45) is 6.25. The Balaban J connectivity index is 1.52. The number of hydrogen-bond acceptors (Lipinski definition) is 4. The average Bonchev–Trinajstić information content (AvgIpc) is 3.24. The van der Waals surface area contributed by atoms with Crippen LogP contribution in [-0.2, 0) is 6.54 Å². The zero-order valence-corrected chi connectivity index (χ0v) is 13.8. The van der Waals surface area contributed by atoms with Crippen molar-refractivity contribution in [2.45, 2.75) is 13.0 Å². The second-order valence-corrected chi connectivity index (χ2v) is 6.25. The zero-order chi connectivity index (χ0) is 16.1. The Morgan fingerprint density at radius 1 is 1.30 bits per heavy atom. The summed E-state index contributed by atoms with van der Waals surface area (Å²) in [4.78, 5) is 20.5. The Kier molecular flexibility index (Phi) is 5.05. The van der Waals surface area contributed by atoms with E-state index in [1.165, 1.54) is 11.3 Å². The lowest BCUT2D eigenvalue weighted by atomic mass is 10.2. The minimum Gasteiger partial charge on any atom is -0.351 e. The second-order valence-electron chi connectivity index (χ2n) is 4.95. The molecule has 0 spiro atoms. The fraction of sp³-hybridized carbons (Fsp3) is 0.188. The third-order valence-electron chi connectivity index (χ3n) is 3.27. The summed E-state index contributed by atoms with van der Waals surface area (Å²) in [5.41, 5.74) is 1.40. The number of nitrogens with zero attached hydrogens (tertiary/aromatic N) is 3. The predicted octanol–water partition coefficient (Wildman–Crippen LogP) is 3.48. The van der Waals surface area contributed by atoms with Gasteiger partial charge in [0.15, 0.2) is 0 Å². The lowest BCUT2D eigenvalue weighted by molar-refractivity contribution is 0.0948. The van der Waals surface area contributed by atoms with Crippen molar-refractivity contribution in [2.75, 3.05) is 6.54 Å². The summed E-state index contributed by atoms with van der Waals surface area (Å²) in [5.74, 6) is -0.146. The molecule has 0 atom stereocenters. The molecule has 2 aromatic heterocycles. The number of benzene rings is 1. The van der Waals surface area contributed by atoms with Crippen LogP contribution in [0.5, 0.6) is 0 Å². The van der Waals surface area contributed by atoms with Crippen LogP contribution in [0.25, 0.3) is 10.6 Å². The molecule has 1 amide bonds. The zero-order valence-electron chi connectivity index (χ0n) is 12.3. The van der Waals surface area contributed by atoms with Crippen LogP contribution in [0.4, 0.5) is 0 Å². The number of rotatable bonds is 6. The lowest BCUT2D eigenvalue weighted by Crippen LogP contribution is -2.25. The van der Waals surface area contributed by atoms with E-state index < -0.39 is 0 Å². The van der Waals surface area contributed by atoms with Crippen LogP contribution in [0.1, 0.15) is 16.9 Å². The summed E-state index contributed by atoms with van der Waals surface area (Å²) in [6, 6.07) is 7.42. The van der Waals surface area contributed by atoms with E-state index in [0.717, 1.165) is 23.5 Å². The molecule has 0 aliphatic carbocycles. The molecule has 3 aromatic rings. The first-order valence-electron chi connectivity index (χ1n) is 7.18. The van der Waals surface area contributed by atoms with Crippen molar-refractivity contribution in [1.82, 2.24) is 19.9 Å². The molecule has 3 rings (SSSR count). The molecular weight excluding hydrogens is 332 g/mol. The summed E-state index contributed by atoms with van der Waals surface area (Å²) < 4.78 is 1.98. The van der Waals surface area contributed by atoms with E-state index in [1.807, 2.05) is 35.0 Å². The summed E-state index contributed by atoms with van der Waals surface area (Å²) >= 11 is 7.32. The van der Waals surface area contributed by atoms with Crippen molar-refractivity contribution >= 4 is 28.8 Å². The third kappa shape index (κ3) is 4.18. The molecule has 1 aromatic carbocycles. The molecule has 23 heavy (non-hydrogen) atoms. The van der Waals surface area contributed by atoms with Crippen molar-refractivity contribution in [1.29, 1.82) is 0 Å². The van der Waals surface area contributed by atoms with E-state index in [9.17, 15) is 4.79 Å². The highest BCUT2D eigenvalue weighted by Gasteiger charge is 2.11. The molecule has 118 valence electrons. The van der Waals surface area contributed by atoms with Gasteiger partial charge in [0.1, 0.15) is 10.7 Å². The number of amides is 1. The van der Waals surface area contributed by atoms with E-state index in [4.69, 9.17) is 11.6 Å². The predicted molar refractivity (Wildman–Crippen MR) is 91.7 cm³/mol. The Morgan fingerprint density at radius 2 is 2.13 bits per heavy atom. The highest BCUT2D eigenvalue weighted by atomic mass is 35.5. The van der Waals surface area contributed by atoms with Crippen molar-refractivity contribution < 1.29 is 4.79 Å². The molecule has 0 bridgehead atoms. The maximum Gasteiger partial charge on any atom is 0.270 e. The summed E-state index contributed by atoms with van der Waals surface area (Å²) in [6.45, 7) is 1.43. The lowest BCUT2D eigenvalue weighted by Gasteiger charge is -2.04. The van der Waals surface area contributed by atoms with Gasteiger partial charge in [-0.15, -0.1) is 11.3 Å². The van der Waals surface area contributed by atoms with Gasteiger partial charge in [0, 0.05) is 41.4 Å². The SMILES string of the molecule is O=C(NCCCn1ccnc1)c1csc(-c2ccc(Cl)cc2)n1. The molecule has 1 N–H and O–H groups in total. The van der Waals surface area contributed by atoms with Gasteiger partial charge in [-0.3, -0.25) is 4.79 Å². The molecule has 0 aliphatic heterocycles. The first-order valence-corrected chi connectivity index (χ1v) is 8.43. The van der Waals surface area contributed by atoms with E-state index in [2.05, 4.69) is 15.3 Å². The first kappa shape index (κ1) is 15.7. The molecule has 0 radical (unpaired) electrons. The molecule has 0 saturated heterocycles. The number of hydrogen-bond donors (Lipinski definition) is 1. The number of imidazole rings is 1. The molecule has 0 unspecified atom stereocenters. The Hall–Kier alpha value is -2.18. The van der Waals surface area contributed by atoms with E-state index in [-0.39, 0.29) is 5.91 Å². The van der Waals surface area contributed by atoms with Gasteiger partial charge in [-0.1, -0.05) is 23.7 Å². The molecule has 0 aliphatic rings. The average molecular weight is 347 g/mol. The van der Waals surface area contributed by atoms with Gasteiger partial charge in [0.05, 0.1) is 6.33 Å². The highest BCUT2D eigenvalue weighted by Crippen LogP contribution is 2.25. The van der Waals surface area contributed by atoms with Gasteiger partial charge in [0.25, 0.3) is 5.91 Å². The monoisotopic (exact) mass is 346 g/mol. The standard InChI is InChI=1S/C16H15ClN4OS/c17-13-4-2-12(3-5-13)16-20-14(10-23-16)15(22)19-6-1-8-21-9-7-18-11-21/h2-5,7,9-11H,1,6,8H2,(H,19,22). The fourth-order valence-corrected chi connectivity index (χ4v) is 3.01. The minimum atomic E-state index is -0.146. The Bertz CT molecular complexity index is 768. The number of aryl methyl sites for hydroxylation is 1. The summed E-state index contributed by atoms with van der Waals surface area (Å²) in [5, 5.41) is 6.15. The van der Waals surface area contributed by atoms with Crippen molar-refractivity contribution in [3.63, 3.8) is 0 Å². The van der Waals surface area contributed by atoms with Crippen LogP contribution in [-0.4, -0.2) is 27.0 Å². The van der Waals surface area contributed by atoms with Crippen LogP contribution < -0.4 is 5.32 Å². The number of halogens is 1. The topological polar surface area (TPSA) is 59.8 Å². The number of nitrogens with one attached hydrogen (secondary N) is 1. The normalized spacial score (nSPS) is 10.7. The molecule has 5 nitrogen and oxygen atoms in total. The maximum atomic E-state index is 12.1. The number of thiazole rings is 1. The quantitative estimate of drug-likeness (QED) is 0.695. The van der Waals surface area contributed by atoms with Crippen LogP contribution in [0, 0.1) is 0 Å². The van der Waals surface area contributed by atoms with Gasteiger partial charge in [0.2, 0.25) is 0 Å². The van der Waals surface area contributed by atoms with Gasteiger partial charge in [-0.25, -0.2) is 9.97 Å². The third-order valence-corrected chi connectivity index (χ3v) is 4.41. The van der Waals surface area contributed by atoms with Crippen molar-refractivity contribution in [3.05, 3.63) is 59.1 Å². The van der Waals surface area contributed by atoms with Crippen LogP contribution >= 0.6 is 22.9 Å². The molecule has 7 heteroatoms. The number of carbonyl (C=O) groups is 1. The van der Waals surface area contributed by atoms with E-state index in [0.29, 0.717) is 17.3 Å².